The monoisotopic (exact) mass is 1140 g/mol. The number of esters is 3. The van der Waals surface area contributed by atoms with Crippen LogP contribution in [-0.4, -0.2) is 66.5 Å². The summed E-state index contributed by atoms with van der Waals surface area (Å²) in [6.07, 6.45) is 74.6. The molecule has 458 valence electrons. The Balaban J connectivity index is 4.81. The number of ether oxygens (including phenoxy) is 3. The van der Waals surface area contributed by atoms with E-state index in [1.54, 1.807) is 0 Å². The molecule has 0 rings (SSSR count). The highest BCUT2D eigenvalue weighted by atomic mass is 31.2. The molecule has 0 radical (unpaired) electrons. The van der Waals surface area contributed by atoms with Crippen LogP contribution in [0.25, 0.3) is 0 Å². The summed E-state index contributed by atoms with van der Waals surface area (Å²) < 4.78 is 39.6. The fourth-order valence-corrected chi connectivity index (χ4v) is 9.11. The first-order chi connectivity index (χ1) is 39.2. The SMILES string of the molecule is CC/C=C\C/C=C\C/C=C\C/C=C\C/C=C\CCCCCC(=O)OC(COC(=O)CCCCCCCC/C=C\C/C=C\C/C=C\CCCCC)COP(=O)(O)OCC(CO)OC(=O)CCCCCCC/C=C\CCCCCCCC. The van der Waals surface area contributed by atoms with E-state index in [0.717, 1.165) is 141 Å². The van der Waals surface area contributed by atoms with E-state index in [4.69, 9.17) is 23.3 Å². The molecule has 0 fully saturated rings. The van der Waals surface area contributed by atoms with E-state index >= 15 is 0 Å². The molecule has 0 bridgehead atoms. The number of phosphoric ester groups is 1. The summed E-state index contributed by atoms with van der Waals surface area (Å²) in [5.41, 5.74) is 0. The van der Waals surface area contributed by atoms with Gasteiger partial charge in [0, 0.05) is 19.3 Å². The molecule has 11 nitrogen and oxygen atoms in total. The molecule has 2 N–H and O–H groups in total. The van der Waals surface area contributed by atoms with Gasteiger partial charge in [-0.15, -0.1) is 0 Å². The van der Waals surface area contributed by atoms with Gasteiger partial charge >= 0.3 is 25.7 Å². The molecule has 3 atom stereocenters. The molecule has 0 aromatic carbocycles. The van der Waals surface area contributed by atoms with Crippen molar-refractivity contribution in [3.8, 4) is 0 Å². The first-order valence-corrected chi connectivity index (χ1v) is 33.3. The maximum atomic E-state index is 12.9. The lowest BCUT2D eigenvalue weighted by Gasteiger charge is -2.21. The molecule has 0 amide bonds. The van der Waals surface area contributed by atoms with E-state index in [1.165, 1.54) is 64.2 Å². The number of phosphoric acid groups is 1. The highest BCUT2D eigenvalue weighted by Crippen LogP contribution is 2.43. The van der Waals surface area contributed by atoms with Crippen molar-refractivity contribution >= 4 is 25.7 Å². The Hall–Kier alpha value is -3.86. The Morgan fingerprint density at radius 3 is 1.05 bits per heavy atom. The van der Waals surface area contributed by atoms with Crippen molar-refractivity contribution in [2.45, 2.75) is 277 Å². The Labute approximate surface area is 488 Å². The number of aliphatic hydroxyl groups excluding tert-OH is 1. The van der Waals surface area contributed by atoms with Gasteiger partial charge in [0.25, 0.3) is 0 Å². The van der Waals surface area contributed by atoms with Gasteiger partial charge in [0.2, 0.25) is 0 Å². The largest absolute Gasteiger partial charge is 0.472 e. The smallest absolute Gasteiger partial charge is 0.462 e. The first-order valence-electron chi connectivity index (χ1n) is 31.8. The zero-order chi connectivity index (χ0) is 58.3. The molecular formula is C68H115O11P. The summed E-state index contributed by atoms with van der Waals surface area (Å²) in [5.74, 6) is -1.53. The van der Waals surface area contributed by atoms with Crippen LogP contribution in [0, 0.1) is 0 Å². The van der Waals surface area contributed by atoms with Gasteiger partial charge in [0.1, 0.15) is 12.7 Å². The van der Waals surface area contributed by atoms with Crippen LogP contribution in [0.5, 0.6) is 0 Å². The number of hydrogen-bond acceptors (Lipinski definition) is 10. The molecule has 0 aliphatic carbocycles. The van der Waals surface area contributed by atoms with Crippen LogP contribution < -0.4 is 0 Å². The van der Waals surface area contributed by atoms with Gasteiger partial charge < -0.3 is 24.2 Å². The predicted molar refractivity (Wildman–Crippen MR) is 334 cm³/mol. The lowest BCUT2D eigenvalue weighted by atomic mass is 10.1. The number of rotatable bonds is 58. The van der Waals surface area contributed by atoms with Crippen molar-refractivity contribution < 1.29 is 52.2 Å². The molecule has 80 heavy (non-hydrogen) atoms. The summed E-state index contributed by atoms with van der Waals surface area (Å²) in [6.45, 7) is 4.45. The average molecular weight is 1140 g/mol. The van der Waals surface area contributed by atoms with Crippen LogP contribution in [0.15, 0.2) is 109 Å². The van der Waals surface area contributed by atoms with Gasteiger partial charge in [-0.25, -0.2) is 4.57 Å². The Kier molecular flexibility index (Phi) is 58.3. The highest BCUT2D eigenvalue weighted by molar-refractivity contribution is 7.47. The minimum Gasteiger partial charge on any atom is -0.462 e. The van der Waals surface area contributed by atoms with Crippen LogP contribution in [0.3, 0.4) is 0 Å². The Morgan fingerprint density at radius 2 is 0.650 bits per heavy atom. The zero-order valence-corrected chi connectivity index (χ0v) is 51.7. The maximum absolute atomic E-state index is 12.9. The van der Waals surface area contributed by atoms with E-state index in [0.29, 0.717) is 19.3 Å². The number of carbonyl (C=O) groups is 3. The molecule has 0 saturated heterocycles. The molecule has 0 aromatic heterocycles. The second-order valence-electron chi connectivity index (χ2n) is 20.8. The molecule has 0 aromatic rings. The molecule has 0 saturated carbocycles. The van der Waals surface area contributed by atoms with Crippen molar-refractivity contribution in [3.05, 3.63) is 109 Å². The van der Waals surface area contributed by atoms with Crippen molar-refractivity contribution in [1.29, 1.82) is 0 Å². The third kappa shape index (κ3) is 58.8. The molecule has 0 heterocycles. The molecular weight excluding hydrogens is 1020 g/mol. The molecule has 0 spiro atoms. The molecule has 0 aliphatic rings. The van der Waals surface area contributed by atoms with E-state index in [9.17, 15) is 28.9 Å². The van der Waals surface area contributed by atoms with Crippen molar-refractivity contribution in [2.24, 2.45) is 0 Å². The second-order valence-corrected chi connectivity index (χ2v) is 22.3. The van der Waals surface area contributed by atoms with Gasteiger partial charge in [0.05, 0.1) is 19.8 Å². The fourth-order valence-electron chi connectivity index (χ4n) is 8.33. The molecule has 0 aliphatic heterocycles. The molecule has 12 heteroatoms. The Morgan fingerprint density at radius 1 is 0.362 bits per heavy atom. The van der Waals surface area contributed by atoms with E-state index in [1.807, 2.05) is 0 Å². The van der Waals surface area contributed by atoms with Crippen LogP contribution in [0.4, 0.5) is 0 Å². The number of unbranched alkanes of at least 4 members (excludes halogenated alkanes) is 23. The number of hydrogen-bond donors (Lipinski definition) is 2. The Bertz CT molecular complexity index is 1760. The number of aliphatic hydroxyl groups is 1. The van der Waals surface area contributed by atoms with Gasteiger partial charge in [-0.05, 0) is 128 Å². The number of allylic oxidation sites excluding steroid dienone is 18. The highest BCUT2D eigenvalue weighted by Gasteiger charge is 2.28. The minimum absolute atomic E-state index is 0.120. The standard InChI is InChI=1S/C68H115O11P/c1-4-7-10-13-16-19-22-25-28-30-32-34-37-39-42-45-48-51-54-57-66(70)75-61-65(79-68(72)59-56-53-50-47-44-41-38-35-33-31-29-26-23-20-17-14-11-8-5-2)63-77-80(73,74)76-62-64(60-69)78-67(71)58-55-52-49-46-43-40-36-27-24-21-18-15-12-9-6-3/h8,11,16-17,19-20,25-29,32-36,41,44,64-65,69H,4-7,9-10,12-15,18,21-24,30-31,37-40,42-43,45-63H2,1-3H3,(H,73,74)/b11-8-,19-16-,20-17-,28-25-,29-26-,34-32-,35-33-,36-27-,44-41-. The quantitative estimate of drug-likeness (QED) is 0.0197. The van der Waals surface area contributed by atoms with Crippen molar-refractivity contribution in [1.82, 2.24) is 0 Å². The lowest BCUT2D eigenvalue weighted by molar-refractivity contribution is -0.161. The van der Waals surface area contributed by atoms with Crippen molar-refractivity contribution in [3.63, 3.8) is 0 Å². The lowest BCUT2D eigenvalue weighted by Crippen LogP contribution is -2.30. The third-order valence-corrected chi connectivity index (χ3v) is 14.1. The van der Waals surface area contributed by atoms with E-state index in [2.05, 4.69) is 130 Å². The summed E-state index contributed by atoms with van der Waals surface area (Å²) in [5, 5.41) is 9.84. The fraction of sp³-hybridized carbons (Fsp3) is 0.691. The maximum Gasteiger partial charge on any atom is 0.472 e. The van der Waals surface area contributed by atoms with E-state index < -0.39 is 57.8 Å². The van der Waals surface area contributed by atoms with Gasteiger partial charge in [0.15, 0.2) is 6.10 Å². The second kappa shape index (κ2) is 61.2. The number of carbonyl (C=O) groups excluding carboxylic acids is 3. The topological polar surface area (TPSA) is 155 Å². The summed E-state index contributed by atoms with van der Waals surface area (Å²) in [7, 11) is -4.77. The first kappa shape index (κ1) is 76.1. The van der Waals surface area contributed by atoms with Crippen LogP contribution >= 0.6 is 7.82 Å². The summed E-state index contributed by atoms with van der Waals surface area (Å²) in [6, 6.07) is 0. The van der Waals surface area contributed by atoms with Crippen LogP contribution in [0.2, 0.25) is 0 Å². The van der Waals surface area contributed by atoms with Gasteiger partial charge in [-0.1, -0.05) is 226 Å². The average Bonchev–Trinajstić information content (AvgIpc) is 3.45. The summed E-state index contributed by atoms with van der Waals surface area (Å²) in [4.78, 5) is 48.7. The zero-order valence-electron chi connectivity index (χ0n) is 50.8. The van der Waals surface area contributed by atoms with E-state index in [-0.39, 0.29) is 25.9 Å². The van der Waals surface area contributed by atoms with Crippen LogP contribution in [-0.2, 0) is 42.2 Å². The normalized spacial score (nSPS) is 14.0. The van der Waals surface area contributed by atoms with Gasteiger partial charge in [-0.2, -0.15) is 0 Å². The van der Waals surface area contributed by atoms with Gasteiger partial charge in [-0.3, -0.25) is 23.4 Å². The third-order valence-electron chi connectivity index (χ3n) is 13.1. The van der Waals surface area contributed by atoms with Crippen LogP contribution in [0.1, 0.15) is 265 Å². The summed E-state index contributed by atoms with van der Waals surface area (Å²) >= 11 is 0. The van der Waals surface area contributed by atoms with Crippen molar-refractivity contribution in [2.75, 3.05) is 26.4 Å². The predicted octanol–water partition coefficient (Wildman–Crippen LogP) is 19.4. The molecule has 3 unspecified atom stereocenters. The minimum atomic E-state index is -4.77.